The van der Waals surface area contributed by atoms with Gasteiger partial charge in [0.15, 0.2) is 5.82 Å². The molecule has 2 rings (SSSR count). The van der Waals surface area contributed by atoms with E-state index in [4.69, 9.17) is 0 Å². The van der Waals surface area contributed by atoms with Crippen molar-refractivity contribution in [3.8, 4) is 0 Å². The van der Waals surface area contributed by atoms with E-state index in [1.54, 1.807) is 0 Å². The molecule has 0 bridgehead atoms. The minimum atomic E-state index is 0.450. The highest BCUT2D eigenvalue weighted by Crippen LogP contribution is 2.14. The van der Waals surface area contributed by atoms with E-state index in [0.717, 1.165) is 32.0 Å². The lowest BCUT2D eigenvalue weighted by molar-refractivity contribution is 0.311. The molecular weight excluding hydrogens is 188 g/mol. The Balaban J connectivity index is 2.03. The molecule has 0 amide bonds. The zero-order valence-electron chi connectivity index (χ0n) is 9.85. The average Bonchev–Trinajstić information content (AvgIpc) is 2.68. The molecule has 4 heteroatoms. The molecule has 2 heterocycles. The van der Waals surface area contributed by atoms with Crippen LogP contribution < -0.4 is 4.90 Å². The van der Waals surface area contributed by atoms with Crippen LogP contribution in [0.1, 0.15) is 19.9 Å². The average molecular weight is 208 g/mol. The predicted molar refractivity (Wildman–Crippen MR) is 62.3 cm³/mol. The van der Waals surface area contributed by atoms with Crippen molar-refractivity contribution in [1.82, 2.24) is 14.7 Å². The summed E-state index contributed by atoms with van der Waals surface area (Å²) in [5, 5.41) is 4.58. The summed E-state index contributed by atoms with van der Waals surface area (Å²) < 4.78 is 2.02. The van der Waals surface area contributed by atoms with Crippen LogP contribution in [0.4, 0.5) is 5.82 Å². The Morgan fingerprint density at radius 3 is 2.40 bits per heavy atom. The lowest BCUT2D eigenvalue weighted by Gasteiger charge is -2.32. The van der Waals surface area contributed by atoms with Crippen molar-refractivity contribution < 1.29 is 0 Å². The zero-order valence-corrected chi connectivity index (χ0v) is 9.85. The molecule has 1 fully saturated rings. The summed E-state index contributed by atoms with van der Waals surface area (Å²) in [6.45, 7) is 8.75. The lowest BCUT2D eigenvalue weighted by atomic mass is 10.3. The van der Waals surface area contributed by atoms with Gasteiger partial charge in [-0.3, -0.25) is 4.68 Å². The van der Waals surface area contributed by atoms with Crippen LogP contribution in [0.3, 0.4) is 0 Å². The van der Waals surface area contributed by atoms with Crippen molar-refractivity contribution in [1.29, 1.82) is 0 Å². The van der Waals surface area contributed by atoms with E-state index in [1.807, 2.05) is 4.68 Å². The fraction of sp³-hybridized carbons (Fsp3) is 0.727. The minimum absolute atomic E-state index is 0.450. The second kappa shape index (κ2) is 4.23. The van der Waals surface area contributed by atoms with Gasteiger partial charge < -0.3 is 9.80 Å². The second-order valence-electron chi connectivity index (χ2n) is 4.54. The summed E-state index contributed by atoms with van der Waals surface area (Å²) in [6, 6.07) is 2.57. The molecule has 0 N–H and O–H groups in total. The molecule has 4 nitrogen and oxygen atoms in total. The number of rotatable bonds is 2. The molecule has 0 aliphatic carbocycles. The van der Waals surface area contributed by atoms with E-state index in [0.29, 0.717) is 6.04 Å². The smallest absolute Gasteiger partial charge is 0.150 e. The molecular formula is C11H20N4. The molecule has 84 valence electrons. The third kappa shape index (κ3) is 2.31. The summed E-state index contributed by atoms with van der Waals surface area (Å²) in [6.07, 6.45) is 2.07. The van der Waals surface area contributed by atoms with Crippen LogP contribution in [0, 0.1) is 0 Å². The van der Waals surface area contributed by atoms with Crippen LogP contribution >= 0.6 is 0 Å². The van der Waals surface area contributed by atoms with E-state index in [1.165, 1.54) is 0 Å². The summed E-state index contributed by atoms with van der Waals surface area (Å²) in [5.41, 5.74) is 0. The number of aromatic nitrogens is 2. The molecule has 1 aromatic heterocycles. The molecule has 1 saturated heterocycles. The van der Waals surface area contributed by atoms with Gasteiger partial charge in [-0.1, -0.05) is 0 Å². The molecule has 1 aliphatic rings. The number of nitrogens with zero attached hydrogens (tertiary/aromatic N) is 4. The molecule has 0 atom stereocenters. The van der Waals surface area contributed by atoms with Crippen LogP contribution in [-0.2, 0) is 0 Å². The first kappa shape index (κ1) is 10.5. The van der Waals surface area contributed by atoms with E-state index in [-0.39, 0.29) is 0 Å². The number of piperazine rings is 1. The van der Waals surface area contributed by atoms with Crippen LogP contribution in [-0.4, -0.2) is 47.9 Å². The van der Waals surface area contributed by atoms with E-state index in [2.05, 4.69) is 48.1 Å². The highest BCUT2D eigenvalue weighted by molar-refractivity contribution is 5.37. The van der Waals surface area contributed by atoms with Gasteiger partial charge in [0, 0.05) is 44.5 Å². The monoisotopic (exact) mass is 208 g/mol. The van der Waals surface area contributed by atoms with Crippen LogP contribution in [0.5, 0.6) is 0 Å². The van der Waals surface area contributed by atoms with Gasteiger partial charge in [-0.05, 0) is 20.9 Å². The number of anilines is 1. The summed E-state index contributed by atoms with van der Waals surface area (Å²) >= 11 is 0. The summed E-state index contributed by atoms with van der Waals surface area (Å²) in [5.74, 6) is 1.12. The first-order valence-corrected chi connectivity index (χ1v) is 5.65. The van der Waals surface area contributed by atoms with Gasteiger partial charge in [0.1, 0.15) is 0 Å². The topological polar surface area (TPSA) is 24.3 Å². The largest absolute Gasteiger partial charge is 0.353 e. The van der Waals surface area contributed by atoms with Gasteiger partial charge in [-0.15, -0.1) is 0 Å². The number of likely N-dealkylation sites (N-methyl/N-ethyl adjacent to an activating group) is 1. The maximum absolute atomic E-state index is 4.58. The Labute approximate surface area is 91.5 Å². The van der Waals surface area contributed by atoms with Crippen molar-refractivity contribution >= 4 is 5.82 Å². The highest BCUT2D eigenvalue weighted by Gasteiger charge is 2.16. The molecule has 1 aliphatic heterocycles. The van der Waals surface area contributed by atoms with Crippen molar-refractivity contribution in [3.63, 3.8) is 0 Å². The number of hydrogen-bond acceptors (Lipinski definition) is 3. The van der Waals surface area contributed by atoms with E-state index >= 15 is 0 Å². The summed E-state index contributed by atoms with van der Waals surface area (Å²) in [4.78, 5) is 4.72. The Morgan fingerprint density at radius 1 is 1.20 bits per heavy atom. The van der Waals surface area contributed by atoms with Crippen molar-refractivity contribution in [2.24, 2.45) is 0 Å². The van der Waals surface area contributed by atoms with Gasteiger partial charge in [0.25, 0.3) is 0 Å². The Morgan fingerprint density at radius 2 is 1.87 bits per heavy atom. The molecule has 0 aromatic carbocycles. The third-order valence-electron chi connectivity index (χ3n) is 2.95. The van der Waals surface area contributed by atoms with Crippen molar-refractivity contribution in [2.45, 2.75) is 19.9 Å². The van der Waals surface area contributed by atoms with Crippen molar-refractivity contribution in [2.75, 3.05) is 38.1 Å². The summed E-state index contributed by atoms with van der Waals surface area (Å²) in [7, 11) is 2.17. The normalized spacial score (nSPS) is 18.8. The molecule has 0 radical (unpaired) electrons. The SMILES string of the molecule is CC(C)n1ccc(N2CCN(C)CC2)n1. The Hall–Kier alpha value is -1.03. The lowest BCUT2D eigenvalue weighted by Crippen LogP contribution is -2.44. The van der Waals surface area contributed by atoms with E-state index in [9.17, 15) is 0 Å². The minimum Gasteiger partial charge on any atom is -0.353 e. The van der Waals surface area contributed by atoms with Crippen LogP contribution in [0.15, 0.2) is 12.3 Å². The molecule has 1 aromatic rings. The fourth-order valence-electron chi connectivity index (χ4n) is 1.82. The van der Waals surface area contributed by atoms with Crippen LogP contribution in [0.25, 0.3) is 0 Å². The molecule has 15 heavy (non-hydrogen) atoms. The van der Waals surface area contributed by atoms with Crippen LogP contribution in [0.2, 0.25) is 0 Å². The standard InChI is InChI=1S/C11H20N4/c1-10(2)15-5-4-11(12-15)14-8-6-13(3)7-9-14/h4-5,10H,6-9H2,1-3H3. The van der Waals surface area contributed by atoms with Gasteiger partial charge in [0.05, 0.1) is 0 Å². The maximum Gasteiger partial charge on any atom is 0.150 e. The van der Waals surface area contributed by atoms with Crippen molar-refractivity contribution in [3.05, 3.63) is 12.3 Å². The predicted octanol–water partition coefficient (Wildman–Crippen LogP) is 1.22. The fourth-order valence-corrected chi connectivity index (χ4v) is 1.82. The quantitative estimate of drug-likeness (QED) is 0.730. The molecule has 0 saturated carbocycles. The maximum atomic E-state index is 4.58. The Kier molecular flexibility index (Phi) is 2.95. The van der Waals surface area contributed by atoms with Gasteiger partial charge in [-0.25, -0.2) is 0 Å². The van der Waals surface area contributed by atoms with Gasteiger partial charge >= 0.3 is 0 Å². The third-order valence-corrected chi connectivity index (χ3v) is 2.95. The molecule has 0 spiro atoms. The van der Waals surface area contributed by atoms with E-state index < -0.39 is 0 Å². The molecule has 0 unspecified atom stereocenters. The zero-order chi connectivity index (χ0) is 10.8. The Bertz CT molecular complexity index is 310. The first-order valence-electron chi connectivity index (χ1n) is 5.65. The first-order chi connectivity index (χ1) is 7.16. The van der Waals surface area contributed by atoms with Gasteiger partial charge in [0.2, 0.25) is 0 Å². The highest BCUT2D eigenvalue weighted by atomic mass is 15.4. The number of hydrogen-bond donors (Lipinski definition) is 0. The second-order valence-corrected chi connectivity index (χ2v) is 4.54. The van der Waals surface area contributed by atoms with Gasteiger partial charge in [-0.2, -0.15) is 5.10 Å².